The van der Waals surface area contributed by atoms with E-state index in [1.165, 1.54) is 5.56 Å². The van der Waals surface area contributed by atoms with E-state index in [4.69, 9.17) is 9.47 Å². The summed E-state index contributed by atoms with van der Waals surface area (Å²) < 4.78 is 10.9. The summed E-state index contributed by atoms with van der Waals surface area (Å²) in [5.41, 5.74) is 2.27. The molecule has 1 heterocycles. The minimum Gasteiger partial charge on any atom is -0.494 e. The Hall–Kier alpha value is -2.12. The van der Waals surface area contributed by atoms with Crippen LogP contribution in [0.5, 0.6) is 5.75 Å². The number of anilines is 1. The first-order valence-electron chi connectivity index (χ1n) is 8.68. The minimum absolute atomic E-state index is 0.331. The van der Waals surface area contributed by atoms with Crippen LogP contribution in [0.4, 0.5) is 5.69 Å². The van der Waals surface area contributed by atoms with Crippen molar-refractivity contribution in [3.8, 4) is 5.75 Å². The van der Waals surface area contributed by atoms with Gasteiger partial charge in [-0.1, -0.05) is 12.1 Å². The van der Waals surface area contributed by atoms with Crippen LogP contribution in [0, 0.1) is 0 Å². The average molecular weight is 404 g/mol. The molecular weight excluding hydrogens is 382 g/mol. The predicted molar refractivity (Wildman–Crippen MR) is 111 cm³/mol. The third-order valence-corrected chi connectivity index (χ3v) is 6.93. The van der Waals surface area contributed by atoms with E-state index in [1.807, 2.05) is 42.6 Å². The van der Waals surface area contributed by atoms with Crippen LogP contribution in [0.15, 0.2) is 48.5 Å². The molecule has 0 atom stereocenters. The molecule has 7 heteroatoms. The number of amides is 1. The smallest absolute Gasteiger partial charge is 0.338 e. The SMILES string of the molecule is CCOc1ccc(NC(=O)COC(=O)c2ccc(C3SCCS3)cc2)cc1. The molecule has 0 radical (unpaired) electrons. The van der Waals surface area contributed by atoms with Gasteiger partial charge >= 0.3 is 5.97 Å². The second kappa shape index (κ2) is 9.71. The van der Waals surface area contributed by atoms with Crippen LogP contribution in [0.3, 0.4) is 0 Å². The van der Waals surface area contributed by atoms with E-state index in [2.05, 4.69) is 5.32 Å². The normalized spacial score (nSPS) is 14.0. The summed E-state index contributed by atoms with van der Waals surface area (Å²) in [5.74, 6) is 2.16. The van der Waals surface area contributed by atoms with Gasteiger partial charge in [-0.2, -0.15) is 0 Å². The van der Waals surface area contributed by atoms with E-state index in [0.717, 1.165) is 17.3 Å². The summed E-state index contributed by atoms with van der Waals surface area (Å²) in [6.45, 7) is 2.16. The number of rotatable bonds is 7. The van der Waals surface area contributed by atoms with E-state index in [1.54, 1.807) is 36.4 Å². The Morgan fingerprint density at radius 2 is 1.70 bits per heavy atom. The lowest BCUT2D eigenvalue weighted by Gasteiger charge is -2.10. The van der Waals surface area contributed by atoms with Crippen LogP contribution in [0.2, 0.25) is 0 Å². The number of esters is 1. The van der Waals surface area contributed by atoms with E-state index in [-0.39, 0.29) is 12.5 Å². The van der Waals surface area contributed by atoms with E-state index in [0.29, 0.717) is 22.4 Å². The lowest BCUT2D eigenvalue weighted by Crippen LogP contribution is -2.20. The Bertz CT molecular complexity index is 772. The number of benzene rings is 2. The second-order valence-electron chi connectivity index (χ2n) is 5.78. The molecule has 0 aliphatic carbocycles. The maximum absolute atomic E-state index is 12.1. The van der Waals surface area contributed by atoms with Crippen molar-refractivity contribution in [1.29, 1.82) is 0 Å². The first-order valence-corrected chi connectivity index (χ1v) is 10.8. The third kappa shape index (κ3) is 5.68. The summed E-state index contributed by atoms with van der Waals surface area (Å²) in [7, 11) is 0. The van der Waals surface area contributed by atoms with Gasteiger partial charge in [-0.3, -0.25) is 4.79 Å². The van der Waals surface area contributed by atoms with Crippen molar-refractivity contribution in [1.82, 2.24) is 0 Å². The summed E-state index contributed by atoms with van der Waals surface area (Å²) in [5, 5.41) is 2.69. The first-order chi connectivity index (χ1) is 13.2. The zero-order valence-electron chi connectivity index (χ0n) is 15.0. The van der Waals surface area contributed by atoms with Gasteiger partial charge in [0.05, 0.1) is 16.8 Å². The quantitative estimate of drug-likeness (QED) is 0.693. The highest BCUT2D eigenvalue weighted by atomic mass is 32.2. The Labute approximate surface area is 167 Å². The standard InChI is InChI=1S/C20H21NO4S2/c1-2-24-17-9-7-16(8-10-17)21-18(22)13-25-19(23)14-3-5-15(6-4-14)20-26-11-12-27-20/h3-10,20H,2,11-13H2,1H3,(H,21,22). The average Bonchev–Trinajstić information content (AvgIpc) is 3.23. The molecule has 1 fully saturated rings. The number of hydrogen-bond acceptors (Lipinski definition) is 6. The molecule has 0 saturated carbocycles. The molecule has 0 spiro atoms. The number of nitrogens with one attached hydrogen (secondary N) is 1. The summed E-state index contributed by atoms with van der Waals surface area (Å²) in [6.07, 6.45) is 0. The zero-order chi connectivity index (χ0) is 19.1. The number of carbonyl (C=O) groups is 2. The molecule has 0 bridgehead atoms. The molecule has 1 aliphatic heterocycles. The highest BCUT2D eigenvalue weighted by Crippen LogP contribution is 2.45. The van der Waals surface area contributed by atoms with Crippen molar-refractivity contribution >= 4 is 41.1 Å². The second-order valence-corrected chi connectivity index (χ2v) is 8.50. The van der Waals surface area contributed by atoms with E-state index in [9.17, 15) is 9.59 Å². The van der Waals surface area contributed by atoms with Crippen LogP contribution < -0.4 is 10.1 Å². The zero-order valence-corrected chi connectivity index (χ0v) is 16.6. The van der Waals surface area contributed by atoms with E-state index < -0.39 is 5.97 Å². The predicted octanol–water partition coefficient (Wildman–Crippen LogP) is 4.36. The van der Waals surface area contributed by atoms with Crippen LogP contribution >= 0.6 is 23.5 Å². The van der Waals surface area contributed by atoms with Crippen molar-refractivity contribution in [3.05, 3.63) is 59.7 Å². The fourth-order valence-corrected chi connectivity index (χ4v) is 5.40. The van der Waals surface area contributed by atoms with Gasteiger partial charge in [-0.15, -0.1) is 23.5 Å². The lowest BCUT2D eigenvalue weighted by atomic mass is 10.1. The fraction of sp³-hybridized carbons (Fsp3) is 0.300. The molecule has 2 aromatic rings. The van der Waals surface area contributed by atoms with Crippen molar-refractivity contribution in [2.45, 2.75) is 11.5 Å². The molecule has 1 N–H and O–H groups in total. The first kappa shape index (κ1) is 19.6. The molecule has 2 aromatic carbocycles. The highest BCUT2D eigenvalue weighted by Gasteiger charge is 2.18. The van der Waals surface area contributed by atoms with Gasteiger partial charge in [0.25, 0.3) is 5.91 Å². The Morgan fingerprint density at radius 1 is 1.04 bits per heavy atom. The Kier molecular flexibility index (Phi) is 7.06. The third-order valence-electron chi connectivity index (χ3n) is 3.82. The molecule has 0 aromatic heterocycles. The number of thioether (sulfide) groups is 2. The summed E-state index contributed by atoms with van der Waals surface area (Å²) in [6, 6.07) is 14.4. The summed E-state index contributed by atoms with van der Waals surface area (Å²) >= 11 is 3.83. The molecule has 142 valence electrons. The number of ether oxygens (including phenoxy) is 2. The van der Waals surface area contributed by atoms with Crippen molar-refractivity contribution < 1.29 is 19.1 Å². The van der Waals surface area contributed by atoms with Crippen LogP contribution in [0.1, 0.15) is 27.4 Å². The molecule has 27 heavy (non-hydrogen) atoms. The maximum atomic E-state index is 12.1. The van der Waals surface area contributed by atoms with Gasteiger partial charge in [0.1, 0.15) is 5.75 Å². The topological polar surface area (TPSA) is 64.6 Å². The van der Waals surface area contributed by atoms with E-state index >= 15 is 0 Å². The molecule has 1 aliphatic rings. The molecule has 1 amide bonds. The van der Waals surface area contributed by atoms with Crippen LogP contribution in [0.25, 0.3) is 0 Å². The molecule has 3 rings (SSSR count). The number of hydrogen-bond donors (Lipinski definition) is 1. The molecular formula is C20H21NO4S2. The van der Waals surface area contributed by atoms with Gasteiger partial charge in [-0.25, -0.2) is 4.79 Å². The Balaban J connectivity index is 1.47. The van der Waals surface area contributed by atoms with Crippen molar-refractivity contribution in [2.24, 2.45) is 0 Å². The molecule has 1 saturated heterocycles. The van der Waals surface area contributed by atoms with Crippen LogP contribution in [-0.4, -0.2) is 36.6 Å². The monoisotopic (exact) mass is 403 g/mol. The van der Waals surface area contributed by atoms with Crippen LogP contribution in [-0.2, 0) is 9.53 Å². The summed E-state index contributed by atoms with van der Waals surface area (Å²) in [4.78, 5) is 24.1. The fourth-order valence-electron chi connectivity index (χ4n) is 2.54. The van der Waals surface area contributed by atoms with Crippen molar-refractivity contribution in [3.63, 3.8) is 0 Å². The molecule has 5 nitrogen and oxygen atoms in total. The Morgan fingerprint density at radius 3 is 2.33 bits per heavy atom. The van der Waals surface area contributed by atoms with Gasteiger partial charge < -0.3 is 14.8 Å². The lowest BCUT2D eigenvalue weighted by molar-refractivity contribution is -0.119. The minimum atomic E-state index is -0.505. The highest BCUT2D eigenvalue weighted by molar-refractivity contribution is 8.19. The molecule has 0 unspecified atom stereocenters. The van der Waals surface area contributed by atoms with Gasteiger partial charge in [0.15, 0.2) is 6.61 Å². The van der Waals surface area contributed by atoms with Gasteiger partial charge in [0.2, 0.25) is 0 Å². The van der Waals surface area contributed by atoms with Gasteiger partial charge in [0, 0.05) is 17.2 Å². The largest absolute Gasteiger partial charge is 0.494 e. The number of carbonyl (C=O) groups excluding carboxylic acids is 2. The van der Waals surface area contributed by atoms with Gasteiger partial charge in [-0.05, 0) is 48.9 Å². The van der Waals surface area contributed by atoms with Crippen molar-refractivity contribution in [2.75, 3.05) is 30.0 Å². The maximum Gasteiger partial charge on any atom is 0.338 e.